The summed E-state index contributed by atoms with van der Waals surface area (Å²) in [6.45, 7) is 2.96. The Labute approximate surface area is 187 Å². The summed E-state index contributed by atoms with van der Waals surface area (Å²) in [6, 6.07) is 13.8. The highest BCUT2D eigenvalue weighted by atomic mass is 32.2. The lowest BCUT2D eigenvalue weighted by Gasteiger charge is -2.34. The Morgan fingerprint density at radius 2 is 1.77 bits per heavy atom. The molecule has 156 valence electrons. The average molecular weight is 460 g/mol. The van der Waals surface area contributed by atoms with Crippen LogP contribution in [0, 0.1) is 0 Å². The Bertz CT molecular complexity index is 970. The molecule has 7 nitrogen and oxygen atoms in total. The van der Waals surface area contributed by atoms with E-state index in [4.69, 9.17) is 0 Å². The van der Waals surface area contributed by atoms with Crippen LogP contribution in [0.5, 0.6) is 0 Å². The molecule has 1 N–H and O–H groups in total. The van der Waals surface area contributed by atoms with Crippen molar-refractivity contribution in [3.05, 3.63) is 58.3 Å². The number of thioether (sulfide) groups is 1. The van der Waals surface area contributed by atoms with E-state index in [-0.39, 0.29) is 11.8 Å². The van der Waals surface area contributed by atoms with Crippen molar-refractivity contribution in [3.8, 4) is 0 Å². The quantitative estimate of drug-likeness (QED) is 0.547. The molecule has 0 bridgehead atoms. The molecule has 3 aromatic rings. The van der Waals surface area contributed by atoms with E-state index in [1.54, 1.807) is 0 Å². The Morgan fingerprint density at radius 3 is 2.50 bits per heavy atom. The summed E-state index contributed by atoms with van der Waals surface area (Å²) in [7, 11) is 0. The Hall–Kier alpha value is -2.43. The third-order valence-corrected chi connectivity index (χ3v) is 7.52. The van der Waals surface area contributed by atoms with Gasteiger partial charge >= 0.3 is 0 Å². The number of thiophene rings is 1. The zero-order chi connectivity index (χ0) is 20.8. The first-order valence-electron chi connectivity index (χ1n) is 9.54. The van der Waals surface area contributed by atoms with Crippen molar-refractivity contribution in [1.29, 1.82) is 0 Å². The van der Waals surface area contributed by atoms with Gasteiger partial charge in [-0.2, -0.15) is 0 Å². The summed E-state index contributed by atoms with van der Waals surface area (Å²) >= 11 is 4.30. The van der Waals surface area contributed by atoms with E-state index in [1.807, 2.05) is 45.5 Å². The van der Waals surface area contributed by atoms with Crippen LogP contribution in [0.4, 0.5) is 5.13 Å². The minimum Gasteiger partial charge on any atom is -0.356 e. The minimum absolute atomic E-state index is 0.0517. The molecule has 1 aliphatic rings. The van der Waals surface area contributed by atoms with E-state index in [2.05, 4.69) is 27.6 Å². The first-order chi connectivity index (χ1) is 14.7. The van der Waals surface area contributed by atoms with E-state index < -0.39 is 0 Å². The van der Waals surface area contributed by atoms with Crippen molar-refractivity contribution in [2.24, 2.45) is 0 Å². The van der Waals surface area contributed by atoms with Crippen LogP contribution in [-0.2, 0) is 11.3 Å². The first-order valence-corrected chi connectivity index (χ1v) is 12.2. The van der Waals surface area contributed by atoms with Crippen LogP contribution in [0.2, 0.25) is 0 Å². The van der Waals surface area contributed by atoms with Crippen LogP contribution >= 0.6 is 34.4 Å². The van der Waals surface area contributed by atoms with Gasteiger partial charge in [-0.05, 0) is 17.0 Å². The van der Waals surface area contributed by atoms with Gasteiger partial charge in [-0.3, -0.25) is 9.59 Å². The highest BCUT2D eigenvalue weighted by molar-refractivity contribution is 8.01. The van der Waals surface area contributed by atoms with Crippen LogP contribution in [0.15, 0.2) is 52.2 Å². The first kappa shape index (κ1) is 20.8. The SMILES string of the molecule is O=C(CSc1nnc(NCc2ccccc2)s1)N1CCN(C(=O)c2cccs2)CC1. The van der Waals surface area contributed by atoms with Gasteiger partial charge in [-0.25, -0.2) is 0 Å². The molecule has 2 amide bonds. The largest absolute Gasteiger partial charge is 0.356 e. The van der Waals surface area contributed by atoms with Gasteiger partial charge in [-0.15, -0.1) is 21.5 Å². The van der Waals surface area contributed by atoms with Crippen molar-refractivity contribution in [2.75, 3.05) is 37.2 Å². The number of nitrogens with zero attached hydrogens (tertiary/aromatic N) is 4. The fraction of sp³-hybridized carbons (Fsp3) is 0.300. The molecule has 1 fully saturated rings. The molecule has 0 aliphatic carbocycles. The van der Waals surface area contributed by atoms with Crippen LogP contribution < -0.4 is 5.32 Å². The highest BCUT2D eigenvalue weighted by Crippen LogP contribution is 2.26. The lowest BCUT2D eigenvalue weighted by Crippen LogP contribution is -2.50. The third-order valence-electron chi connectivity index (χ3n) is 4.66. The fourth-order valence-corrected chi connectivity index (χ4v) is 5.38. The number of nitrogens with one attached hydrogen (secondary N) is 1. The number of benzene rings is 1. The molecule has 1 aliphatic heterocycles. The Kier molecular flexibility index (Phi) is 6.98. The number of hydrogen-bond donors (Lipinski definition) is 1. The maximum Gasteiger partial charge on any atom is 0.264 e. The molecule has 1 aromatic carbocycles. The predicted molar refractivity (Wildman–Crippen MR) is 121 cm³/mol. The van der Waals surface area contributed by atoms with Crippen molar-refractivity contribution >= 4 is 51.4 Å². The van der Waals surface area contributed by atoms with E-state index in [0.29, 0.717) is 38.5 Å². The summed E-state index contributed by atoms with van der Waals surface area (Å²) in [5.41, 5.74) is 1.17. The maximum atomic E-state index is 12.5. The summed E-state index contributed by atoms with van der Waals surface area (Å²) in [4.78, 5) is 29.3. The number of hydrogen-bond acceptors (Lipinski definition) is 8. The van der Waals surface area contributed by atoms with Gasteiger partial charge in [0.1, 0.15) is 0 Å². The van der Waals surface area contributed by atoms with Crippen LogP contribution in [0.3, 0.4) is 0 Å². The molecular weight excluding hydrogens is 438 g/mol. The predicted octanol–water partition coefficient (Wildman–Crippen LogP) is 3.29. The summed E-state index contributed by atoms with van der Waals surface area (Å²) in [5.74, 6) is 0.444. The lowest BCUT2D eigenvalue weighted by molar-refractivity contribution is -0.129. The van der Waals surface area contributed by atoms with E-state index in [1.165, 1.54) is 40.0 Å². The molecule has 10 heteroatoms. The molecule has 30 heavy (non-hydrogen) atoms. The van der Waals surface area contributed by atoms with Crippen molar-refractivity contribution < 1.29 is 9.59 Å². The normalized spacial score (nSPS) is 14.0. The molecule has 0 radical (unpaired) electrons. The van der Waals surface area contributed by atoms with E-state index in [0.717, 1.165) is 14.3 Å². The zero-order valence-corrected chi connectivity index (χ0v) is 18.6. The highest BCUT2D eigenvalue weighted by Gasteiger charge is 2.25. The van der Waals surface area contributed by atoms with Gasteiger partial charge < -0.3 is 15.1 Å². The molecule has 4 rings (SSSR count). The number of carbonyl (C=O) groups excluding carboxylic acids is 2. The van der Waals surface area contributed by atoms with Crippen LogP contribution in [0.1, 0.15) is 15.2 Å². The Morgan fingerprint density at radius 1 is 1.00 bits per heavy atom. The number of anilines is 1. The van der Waals surface area contributed by atoms with E-state index in [9.17, 15) is 9.59 Å². The van der Waals surface area contributed by atoms with Gasteiger partial charge in [0.15, 0.2) is 4.34 Å². The number of aromatic nitrogens is 2. The molecule has 0 saturated carbocycles. The molecule has 1 saturated heterocycles. The maximum absolute atomic E-state index is 12.5. The number of amides is 2. The molecule has 3 heterocycles. The lowest BCUT2D eigenvalue weighted by atomic mass is 10.2. The number of piperazine rings is 1. The molecule has 0 atom stereocenters. The molecular formula is C20H21N5O2S3. The fourth-order valence-electron chi connectivity index (χ4n) is 3.04. The zero-order valence-electron chi connectivity index (χ0n) is 16.2. The Balaban J connectivity index is 1.20. The summed E-state index contributed by atoms with van der Waals surface area (Å²) in [5, 5.41) is 14.2. The van der Waals surface area contributed by atoms with Crippen molar-refractivity contribution in [3.63, 3.8) is 0 Å². The molecule has 2 aromatic heterocycles. The average Bonchev–Trinajstić information content (AvgIpc) is 3.49. The van der Waals surface area contributed by atoms with Crippen molar-refractivity contribution in [2.45, 2.75) is 10.9 Å². The summed E-state index contributed by atoms with van der Waals surface area (Å²) < 4.78 is 0.769. The second-order valence-electron chi connectivity index (χ2n) is 6.65. The van der Waals surface area contributed by atoms with Crippen LogP contribution in [0.25, 0.3) is 0 Å². The van der Waals surface area contributed by atoms with Crippen molar-refractivity contribution in [1.82, 2.24) is 20.0 Å². The van der Waals surface area contributed by atoms with Gasteiger partial charge in [0.25, 0.3) is 5.91 Å². The standard InChI is InChI=1S/C20H21N5O2S3/c26-17(24-8-10-25(11-9-24)18(27)16-7-4-12-28-16)14-29-20-23-22-19(30-20)21-13-15-5-2-1-3-6-15/h1-7,12H,8-11,13-14H2,(H,21,22). The van der Waals surface area contributed by atoms with E-state index >= 15 is 0 Å². The molecule has 0 spiro atoms. The topological polar surface area (TPSA) is 78.4 Å². The number of rotatable bonds is 7. The second kappa shape index (κ2) is 10.1. The van der Waals surface area contributed by atoms with Gasteiger partial charge in [-0.1, -0.05) is 59.5 Å². The monoisotopic (exact) mass is 459 g/mol. The van der Waals surface area contributed by atoms with Gasteiger partial charge in [0.2, 0.25) is 11.0 Å². The molecule has 0 unspecified atom stereocenters. The smallest absolute Gasteiger partial charge is 0.264 e. The third kappa shape index (κ3) is 5.38. The number of carbonyl (C=O) groups is 2. The van der Waals surface area contributed by atoms with Gasteiger partial charge in [0, 0.05) is 32.7 Å². The van der Waals surface area contributed by atoms with Crippen LogP contribution in [-0.4, -0.2) is 63.7 Å². The van der Waals surface area contributed by atoms with Gasteiger partial charge in [0.05, 0.1) is 10.6 Å². The minimum atomic E-state index is 0.0517. The summed E-state index contributed by atoms with van der Waals surface area (Å²) in [6.07, 6.45) is 0. The second-order valence-corrected chi connectivity index (χ2v) is 9.80.